The van der Waals surface area contributed by atoms with Crippen LogP contribution in [0, 0.1) is 0 Å². The van der Waals surface area contributed by atoms with E-state index in [-0.39, 0.29) is 24.8 Å². The SMILES string of the molecule is CCC(C)c1cc(-c2ccc(-c3ccc(OC(C)OCC4CO4)cc3)cc2)ccc1OC(C)OCC1CO1. The molecule has 0 N–H and O–H groups in total. The van der Waals surface area contributed by atoms with Gasteiger partial charge in [0.15, 0.2) is 12.6 Å². The number of rotatable bonds is 14. The largest absolute Gasteiger partial charge is 0.465 e. The quantitative estimate of drug-likeness (QED) is 0.172. The fourth-order valence-corrected chi connectivity index (χ4v) is 4.27. The third kappa shape index (κ3) is 7.35. The first-order valence-corrected chi connectivity index (χ1v) is 13.6. The van der Waals surface area contributed by atoms with E-state index in [4.69, 9.17) is 28.4 Å². The molecule has 0 amide bonds. The normalized spacial score (nSPS) is 20.4. The van der Waals surface area contributed by atoms with Crippen molar-refractivity contribution in [2.24, 2.45) is 0 Å². The highest BCUT2D eigenvalue weighted by Crippen LogP contribution is 2.35. The summed E-state index contributed by atoms with van der Waals surface area (Å²) in [6.45, 7) is 11.0. The van der Waals surface area contributed by atoms with E-state index in [9.17, 15) is 0 Å². The highest BCUT2D eigenvalue weighted by Gasteiger charge is 2.25. The highest BCUT2D eigenvalue weighted by molar-refractivity contribution is 5.71. The van der Waals surface area contributed by atoms with Crippen LogP contribution in [0.5, 0.6) is 11.5 Å². The van der Waals surface area contributed by atoms with Gasteiger partial charge in [0.2, 0.25) is 0 Å². The minimum Gasteiger partial charge on any atom is -0.465 e. The smallest absolute Gasteiger partial charge is 0.197 e. The first-order chi connectivity index (χ1) is 18.5. The maximum atomic E-state index is 6.17. The molecule has 0 bridgehead atoms. The van der Waals surface area contributed by atoms with Crippen molar-refractivity contribution < 1.29 is 28.4 Å². The Morgan fingerprint density at radius 3 is 1.68 bits per heavy atom. The molecule has 2 heterocycles. The molecule has 5 rings (SSSR count). The van der Waals surface area contributed by atoms with Gasteiger partial charge in [-0.15, -0.1) is 0 Å². The summed E-state index contributed by atoms with van der Waals surface area (Å²) < 4.78 is 33.9. The molecule has 2 aliphatic heterocycles. The van der Waals surface area contributed by atoms with Crippen LogP contribution in [0.4, 0.5) is 0 Å². The number of hydrogen-bond donors (Lipinski definition) is 0. The lowest BCUT2D eigenvalue weighted by Crippen LogP contribution is -2.20. The molecule has 6 nitrogen and oxygen atoms in total. The van der Waals surface area contributed by atoms with Crippen molar-refractivity contribution in [3.63, 3.8) is 0 Å². The van der Waals surface area contributed by atoms with Gasteiger partial charge in [-0.2, -0.15) is 0 Å². The average molecular weight is 519 g/mol. The van der Waals surface area contributed by atoms with Crippen LogP contribution in [0.25, 0.3) is 22.3 Å². The van der Waals surface area contributed by atoms with Crippen molar-refractivity contribution in [1.82, 2.24) is 0 Å². The fraction of sp³-hybridized carbons (Fsp3) is 0.438. The molecule has 0 saturated carbocycles. The van der Waals surface area contributed by atoms with Crippen molar-refractivity contribution in [2.45, 2.75) is 64.8 Å². The van der Waals surface area contributed by atoms with Crippen LogP contribution in [0.3, 0.4) is 0 Å². The summed E-state index contributed by atoms with van der Waals surface area (Å²) in [5.41, 5.74) is 5.84. The molecule has 5 atom stereocenters. The van der Waals surface area contributed by atoms with E-state index in [2.05, 4.69) is 68.4 Å². The van der Waals surface area contributed by atoms with Gasteiger partial charge in [-0.3, -0.25) is 0 Å². The molecule has 2 aliphatic rings. The van der Waals surface area contributed by atoms with E-state index >= 15 is 0 Å². The lowest BCUT2D eigenvalue weighted by Gasteiger charge is -2.21. The Labute approximate surface area is 225 Å². The Morgan fingerprint density at radius 2 is 1.16 bits per heavy atom. The summed E-state index contributed by atoms with van der Waals surface area (Å²) in [4.78, 5) is 0. The van der Waals surface area contributed by atoms with Crippen LogP contribution in [0.15, 0.2) is 66.7 Å². The lowest BCUT2D eigenvalue weighted by atomic mass is 9.93. The van der Waals surface area contributed by atoms with Gasteiger partial charge < -0.3 is 28.4 Å². The summed E-state index contributed by atoms with van der Waals surface area (Å²) in [5, 5.41) is 0. The Kier molecular flexibility index (Phi) is 8.65. The zero-order valence-electron chi connectivity index (χ0n) is 22.7. The van der Waals surface area contributed by atoms with E-state index in [0.717, 1.165) is 42.3 Å². The summed E-state index contributed by atoms with van der Waals surface area (Å²) in [6, 6.07) is 23.2. The second-order valence-electron chi connectivity index (χ2n) is 10.1. The minimum absolute atomic E-state index is 0.225. The Bertz CT molecular complexity index is 1170. The third-order valence-corrected chi connectivity index (χ3v) is 6.99. The molecule has 0 aliphatic carbocycles. The van der Waals surface area contributed by atoms with E-state index < -0.39 is 0 Å². The van der Waals surface area contributed by atoms with Crippen LogP contribution in [-0.4, -0.2) is 51.2 Å². The molecule has 2 fully saturated rings. The number of ether oxygens (including phenoxy) is 6. The molecule has 6 heteroatoms. The van der Waals surface area contributed by atoms with E-state index in [1.807, 2.05) is 26.0 Å². The van der Waals surface area contributed by atoms with Gasteiger partial charge >= 0.3 is 0 Å². The van der Waals surface area contributed by atoms with Crippen LogP contribution in [0.1, 0.15) is 45.6 Å². The number of epoxide rings is 2. The zero-order chi connectivity index (χ0) is 26.5. The second-order valence-corrected chi connectivity index (χ2v) is 10.1. The molecule has 0 spiro atoms. The number of hydrogen-bond acceptors (Lipinski definition) is 6. The molecular weight excluding hydrogens is 480 g/mol. The van der Waals surface area contributed by atoms with Crippen molar-refractivity contribution in [3.05, 3.63) is 72.3 Å². The minimum atomic E-state index is -0.322. The molecule has 0 aromatic heterocycles. The highest BCUT2D eigenvalue weighted by atomic mass is 16.7. The van der Waals surface area contributed by atoms with Crippen LogP contribution >= 0.6 is 0 Å². The topological polar surface area (TPSA) is 62.0 Å². The molecule has 202 valence electrons. The Hall–Kier alpha value is -2.90. The molecular formula is C32H38O6. The predicted molar refractivity (Wildman–Crippen MR) is 148 cm³/mol. The van der Waals surface area contributed by atoms with Crippen molar-refractivity contribution in [2.75, 3.05) is 26.4 Å². The molecule has 3 aromatic rings. The van der Waals surface area contributed by atoms with Crippen molar-refractivity contribution >= 4 is 0 Å². The lowest BCUT2D eigenvalue weighted by molar-refractivity contribution is -0.0715. The van der Waals surface area contributed by atoms with Gasteiger partial charge in [0.25, 0.3) is 0 Å². The molecule has 5 unspecified atom stereocenters. The van der Waals surface area contributed by atoms with E-state index in [0.29, 0.717) is 19.1 Å². The second kappa shape index (κ2) is 12.3. The van der Waals surface area contributed by atoms with E-state index in [1.165, 1.54) is 16.7 Å². The summed E-state index contributed by atoms with van der Waals surface area (Å²) >= 11 is 0. The summed E-state index contributed by atoms with van der Waals surface area (Å²) in [5.74, 6) is 2.04. The van der Waals surface area contributed by atoms with Gasteiger partial charge in [0.1, 0.15) is 23.7 Å². The molecule has 2 saturated heterocycles. The first-order valence-electron chi connectivity index (χ1n) is 13.6. The van der Waals surface area contributed by atoms with Gasteiger partial charge in [-0.05, 0) is 78.3 Å². The third-order valence-electron chi connectivity index (χ3n) is 6.99. The van der Waals surface area contributed by atoms with Crippen molar-refractivity contribution in [1.29, 1.82) is 0 Å². The first kappa shape index (κ1) is 26.7. The standard InChI is InChI=1S/C32H38O6/c1-5-21(2)31-16-27(12-15-32(31)38-23(4)34-18-30-20-36-30)26-8-6-24(7-9-26)25-10-13-28(14-11-25)37-22(3)33-17-29-19-35-29/h6-16,21-23,29-30H,5,17-20H2,1-4H3. The summed E-state index contributed by atoms with van der Waals surface area (Å²) in [6.07, 6.45) is 0.854. The number of benzene rings is 3. The monoisotopic (exact) mass is 518 g/mol. The summed E-state index contributed by atoms with van der Waals surface area (Å²) in [7, 11) is 0. The van der Waals surface area contributed by atoms with Crippen LogP contribution < -0.4 is 9.47 Å². The van der Waals surface area contributed by atoms with Crippen LogP contribution in [-0.2, 0) is 18.9 Å². The van der Waals surface area contributed by atoms with Gasteiger partial charge in [0.05, 0.1) is 26.4 Å². The maximum Gasteiger partial charge on any atom is 0.197 e. The van der Waals surface area contributed by atoms with Gasteiger partial charge in [-0.1, -0.05) is 56.3 Å². The molecule has 38 heavy (non-hydrogen) atoms. The zero-order valence-corrected chi connectivity index (χ0v) is 22.7. The Balaban J connectivity index is 1.24. The van der Waals surface area contributed by atoms with Gasteiger partial charge in [-0.25, -0.2) is 0 Å². The average Bonchev–Trinajstić information content (AvgIpc) is 3.87. The molecule has 0 radical (unpaired) electrons. The predicted octanol–water partition coefficient (Wildman–Crippen LogP) is 6.81. The van der Waals surface area contributed by atoms with E-state index in [1.54, 1.807) is 0 Å². The fourth-order valence-electron chi connectivity index (χ4n) is 4.27. The van der Waals surface area contributed by atoms with Crippen molar-refractivity contribution in [3.8, 4) is 33.8 Å². The Morgan fingerprint density at radius 1 is 0.684 bits per heavy atom. The maximum absolute atomic E-state index is 6.17. The molecule has 3 aromatic carbocycles. The van der Waals surface area contributed by atoms with Crippen LogP contribution in [0.2, 0.25) is 0 Å². The van der Waals surface area contributed by atoms with Gasteiger partial charge in [0, 0.05) is 0 Å².